The molecule has 96 valence electrons. The van der Waals surface area contributed by atoms with Crippen LogP contribution in [0, 0.1) is 11.3 Å². The van der Waals surface area contributed by atoms with Gasteiger partial charge in [-0.25, -0.2) is 0 Å². The minimum atomic E-state index is -0.735. The largest absolute Gasteiger partial charge is 0.481 e. The first-order valence-corrected chi connectivity index (χ1v) is 6.61. The second-order valence-corrected chi connectivity index (χ2v) is 5.52. The molecule has 0 heterocycles. The molecule has 0 aromatic carbocycles. The molecule has 4 nitrogen and oxygen atoms in total. The van der Waals surface area contributed by atoms with Crippen molar-refractivity contribution in [3.05, 3.63) is 0 Å². The molecule has 0 unspecified atom stereocenters. The van der Waals surface area contributed by atoms with Crippen LogP contribution in [0.3, 0.4) is 0 Å². The summed E-state index contributed by atoms with van der Waals surface area (Å²) in [5.74, 6) is -0.825. The third-order valence-corrected chi connectivity index (χ3v) is 4.54. The maximum Gasteiger partial charge on any atom is 0.306 e. The van der Waals surface area contributed by atoms with Crippen molar-refractivity contribution in [1.82, 2.24) is 5.32 Å². The first-order chi connectivity index (χ1) is 8.07. The first-order valence-electron chi connectivity index (χ1n) is 6.61. The first kappa shape index (κ1) is 12.4. The van der Waals surface area contributed by atoms with E-state index < -0.39 is 5.97 Å². The Kier molecular flexibility index (Phi) is 3.40. The van der Waals surface area contributed by atoms with Crippen molar-refractivity contribution in [3.63, 3.8) is 0 Å². The van der Waals surface area contributed by atoms with Crippen molar-refractivity contribution in [3.8, 4) is 0 Å². The van der Waals surface area contributed by atoms with Crippen LogP contribution < -0.4 is 5.32 Å². The number of carboxylic acids is 1. The second-order valence-electron chi connectivity index (χ2n) is 5.52. The van der Waals surface area contributed by atoms with Crippen molar-refractivity contribution in [2.75, 3.05) is 0 Å². The molecule has 1 amide bonds. The van der Waals surface area contributed by atoms with Crippen molar-refractivity contribution in [1.29, 1.82) is 0 Å². The number of nitrogens with one attached hydrogen (secondary N) is 1. The number of hydrogen-bond donors (Lipinski definition) is 2. The van der Waals surface area contributed by atoms with Crippen molar-refractivity contribution in [2.24, 2.45) is 11.3 Å². The molecule has 2 aliphatic carbocycles. The number of amides is 1. The zero-order valence-corrected chi connectivity index (χ0v) is 10.4. The Morgan fingerprint density at radius 1 is 1.29 bits per heavy atom. The van der Waals surface area contributed by atoms with Crippen LogP contribution in [0.4, 0.5) is 0 Å². The molecule has 0 bridgehead atoms. The van der Waals surface area contributed by atoms with Gasteiger partial charge in [0.2, 0.25) is 5.91 Å². The van der Waals surface area contributed by atoms with Gasteiger partial charge in [0.1, 0.15) is 0 Å². The van der Waals surface area contributed by atoms with Gasteiger partial charge in [-0.2, -0.15) is 0 Å². The number of aliphatic carboxylic acids is 1. The molecule has 2 N–H and O–H groups in total. The third kappa shape index (κ3) is 2.31. The van der Waals surface area contributed by atoms with Crippen LogP contribution in [0.1, 0.15) is 51.9 Å². The van der Waals surface area contributed by atoms with Gasteiger partial charge in [0, 0.05) is 11.5 Å². The summed E-state index contributed by atoms with van der Waals surface area (Å²) in [7, 11) is 0. The lowest BCUT2D eigenvalue weighted by atomic mass is 9.78. The number of hydrogen-bond acceptors (Lipinski definition) is 2. The monoisotopic (exact) mass is 239 g/mol. The lowest BCUT2D eigenvalue weighted by Gasteiger charge is -2.36. The van der Waals surface area contributed by atoms with Gasteiger partial charge < -0.3 is 10.4 Å². The highest BCUT2D eigenvalue weighted by atomic mass is 16.4. The van der Waals surface area contributed by atoms with E-state index in [-0.39, 0.29) is 23.3 Å². The molecule has 0 saturated heterocycles. The highest BCUT2D eigenvalue weighted by Gasteiger charge is 2.42. The summed E-state index contributed by atoms with van der Waals surface area (Å²) in [6.07, 6.45) is 6.36. The van der Waals surface area contributed by atoms with Crippen LogP contribution in [0.5, 0.6) is 0 Å². The van der Waals surface area contributed by atoms with Gasteiger partial charge in [0.25, 0.3) is 0 Å². The molecule has 0 atom stereocenters. The highest BCUT2D eigenvalue weighted by molar-refractivity contribution is 5.83. The average Bonchev–Trinajstić information content (AvgIpc) is 2.71. The Balaban J connectivity index is 1.84. The van der Waals surface area contributed by atoms with Gasteiger partial charge in [0.05, 0.1) is 5.92 Å². The van der Waals surface area contributed by atoms with Crippen molar-refractivity contribution < 1.29 is 14.7 Å². The molecule has 0 spiro atoms. The molecule has 2 saturated carbocycles. The maximum absolute atomic E-state index is 12.2. The predicted molar refractivity (Wildman–Crippen MR) is 63.5 cm³/mol. The van der Waals surface area contributed by atoms with Crippen LogP contribution in [-0.4, -0.2) is 23.0 Å². The lowest BCUT2D eigenvalue weighted by Crippen LogP contribution is -2.51. The van der Waals surface area contributed by atoms with Crippen molar-refractivity contribution >= 4 is 11.9 Å². The SMILES string of the molecule is CCC1(C(=O)NC2CC(C(=O)O)C2)CCCC1. The number of rotatable bonds is 4. The number of carboxylic acid groups (broad SMARTS) is 1. The quantitative estimate of drug-likeness (QED) is 0.787. The minimum Gasteiger partial charge on any atom is -0.481 e. The van der Waals surface area contributed by atoms with Crippen LogP contribution in [0.2, 0.25) is 0 Å². The van der Waals surface area contributed by atoms with E-state index in [0.717, 1.165) is 32.1 Å². The molecule has 2 aliphatic rings. The fourth-order valence-electron chi connectivity index (χ4n) is 3.07. The maximum atomic E-state index is 12.2. The van der Waals surface area contributed by atoms with E-state index in [2.05, 4.69) is 12.2 Å². The van der Waals surface area contributed by atoms with Crippen LogP contribution >= 0.6 is 0 Å². The Morgan fingerprint density at radius 3 is 2.35 bits per heavy atom. The molecule has 2 fully saturated rings. The summed E-state index contributed by atoms with van der Waals surface area (Å²) in [4.78, 5) is 22.9. The van der Waals surface area contributed by atoms with Crippen molar-refractivity contribution in [2.45, 2.75) is 57.9 Å². The smallest absolute Gasteiger partial charge is 0.306 e. The molecule has 0 aromatic heterocycles. The Labute approximate surface area is 102 Å². The van der Waals surface area contributed by atoms with Gasteiger partial charge >= 0.3 is 5.97 Å². The van der Waals surface area contributed by atoms with Gasteiger partial charge in [-0.05, 0) is 32.1 Å². The standard InChI is InChI=1S/C13H21NO3/c1-2-13(5-3-4-6-13)12(17)14-10-7-9(8-10)11(15)16/h9-10H,2-8H2,1H3,(H,14,17)(H,15,16). The lowest BCUT2D eigenvalue weighted by molar-refractivity contribution is -0.147. The highest BCUT2D eigenvalue weighted by Crippen LogP contribution is 2.41. The number of carbonyl (C=O) groups excluding carboxylic acids is 1. The molecule has 0 aliphatic heterocycles. The van der Waals surface area contributed by atoms with E-state index in [4.69, 9.17) is 5.11 Å². The minimum absolute atomic E-state index is 0.0904. The summed E-state index contributed by atoms with van der Waals surface area (Å²) in [6.45, 7) is 2.08. The molecule has 2 rings (SSSR count). The van der Waals surface area contributed by atoms with E-state index >= 15 is 0 Å². The Morgan fingerprint density at radius 2 is 1.88 bits per heavy atom. The van der Waals surface area contributed by atoms with Crippen LogP contribution in [-0.2, 0) is 9.59 Å². The van der Waals surface area contributed by atoms with Gasteiger partial charge in [-0.15, -0.1) is 0 Å². The van der Waals surface area contributed by atoms with E-state index in [1.807, 2.05) is 0 Å². The van der Waals surface area contributed by atoms with E-state index in [9.17, 15) is 9.59 Å². The topological polar surface area (TPSA) is 66.4 Å². The molecular weight excluding hydrogens is 218 g/mol. The normalized spacial score (nSPS) is 30.6. The molecule has 0 aromatic rings. The Bertz CT molecular complexity index is 315. The zero-order chi connectivity index (χ0) is 12.5. The Hall–Kier alpha value is -1.06. The fourth-order valence-corrected chi connectivity index (χ4v) is 3.07. The predicted octanol–water partition coefficient (Wildman–Crippen LogP) is 1.94. The van der Waals surface area contributed by atoms with Crippen LogP contribution in [0.25, 0.3) is 0 Å². The van der Waals surface area contributed by atoms with Gasteiger partial charge in [0.15, 0.2) is 0 Å². The third-order valence-electron chi connectivity index (χ3n) is 4.54. The summed E-state index contributed by atoms with van der Waals surface area (Å²) in [5, 5.41) is 11.8. The van der Waals surface area contributed by atoms with Gasteiger partial charge in [-0.1, -0.05) is 19.8 Å². The average molecular weight is 239 g/mol. The second kappa shape index (κ2) is 4.67. The summed E-state index contributed by atoms with van der Waals surface area (Å²) < 4.78 is 0. The summed E-state index contributed by atoms with van der Waals surface area (Å²) in [5.41, 5.74) is -0.158. The zero-order valence-electron chi connectivity index (χ0n) is 10.4. The van der Waals surface area contributed by atoms with E-state index in [1.165, 1.54) is 0 Å². The molecular formula is C13H21NO3. The molecule has 4 heteroatoms. The van der Waals surface area contributed by atoms with E-state index in [0.29, 0.717) is 12.8 Å². The van der Waals surface area contributed by atoms with Gasteiger partial charge in [-0.3, -0.25) is 9.59 Å². The van der Waals surface area contributed by atoms with E-state index in [1.54, 1.807) is 0 Å². The molecule has 0 radical (unpaired) electrons. The fraction of sp³-hybridized carbons (Fsp3) is 0.846. The summed E-state index contributed by atoms with van der Waals surface area (Å²) >= 11 is 0. The van der Waals surface area contributed by atoms with Crippen LogP contribution in [0.15, 0.2) is 0 Å². The number of carbonyl (C=O) groups is 2. The summed E-state index contributed by atoms with van der Waals surface area (Å²) in [6, 6.07) is 0.0904. The molecule has 17 heavy (non-hydrogen) atoms.